The molecule has 2 nitrogen and oxygen atoms in total. The van der Waals surface area contributed by atoms with Crippen LogP contribution in [0.1, 0.15) is 64.2 Å². The number of hydrogen-bond donors (Lipinski definition) is 2. The normalized spacial score (nSPS) is 39.5. The third-order valence-corrected chi connectivity index (χ3v) is 7.17. The highest BCUT2D eigenvalue weighted by Crippen LogP contribution is 2.32. The third-order valence-electron chi connectivity index (χ3n) is 5.65. The van der Waals surface area contributed by atoms with E-state index >= 15 is 0 Å². The Morgan fingerprint density at radius 2 is 1.14 bits per heavy atom. The summed E-state index contributed by atoms with van der Waals surface area (Å²) in [7, 11) is 6.01. The van der Waals surface area contributed by atoms with E-state index in [4.69, 9.17) is 0 Å². The zero-order valence-electron chi connectivity index (χ0n) is 13.7. The van der Waals surface area contributed by atoms with E-state index in [1.807, 2.05) is 0 Å². The minimum absolute atomic E-state index is 0.597. The Morgan fingerprint density at radius 3 is 1.50 bits per heavy atom. The van der Waals surface area contributed by atoms with Gasteiger partial charge in [-0.1, -0.05) is 12.8 Å². The molecule has 6 unspecified atom stereocenters. The molecule has 6 atom stereocenters. The molecule has 2 N–H and O–H groups in total. The van der Waals surface area contributed by atoms with Crippen molar-refractivity contribution in [3.8, 4) is 0 Å². The highest BCUT2D eigenvalue weighted by molar-refractivity contribution is 7.18. The Labute approximate surface area is 140 Å². The SMILES string of the molecule is PC1CCCC1=CNC1CCCCC1NC=C1CCCC1P. The van der Waals surface area contributed by atoms with E-state index in [-0.39, 0.29) is 0 Å². The van der Waals surface area contributed by atoms with Crippen molar-refractivity contribution in [2.24, 2.45) is 0 Å². The van der Waals surface area contributed by atoms with Crippen molar-refractivity contribution in [2.75, 3.05) is 0 Å². The van der Waals surface area contributed by atoms with Crippen LogP contribution in [0.5, 0.6) is 0 Å². The number of nitrogens with one attached hydrogen (secondary N) is 2. The molecule has 0 saturated heterocycles. The van der Waals surface area contributed by atoms with Gasteiger partial charge in [-0.05, 0) is 86.2 Å². The predicted octanol–water partition coefficient (Wildman–Crippen LogP) is 4.10. The maximum atomic E-state index is 3.76. The molecule has 0 bridgehead atoms. The van der Waals surface area contributed by atoms with Crippen molar-refractivity contribution in [3.05, 3.63) is 23.5 Å². The van der Waals surface area contributed by atoms with Crippen molar-refractivity contribution < 1.29 is 0 Å². The lowest BCUT2D eigenvalue weighted by atomic mass is 9.90. The Hall–Kier alpha value is -0.0600. The van der Waals surface area contributed by atoms with Crippen LogP contribution in [0.25, 0.3) is 0 Å². The summed E-state index contributed by atoms with van der Waals surface area (Å²) in [6.45, 7) is 0. The molecule has 0 aliphatic heterocycles. The lowest BCUT2D eigenvalue weighted by molar-refractivity contribution is 0.323. The van der Waals surface area contributed by atoms with E-state index in [0.717, 1.165) is 0 Å². The van der Waals surface area contributed by atoms with Crippen LogP contribution >= 0.6 is 18.5 Å². The molecule has 3 aliphatic carbocycles. The minimum atomic E-state index is 0.597. The van der Waals surface area contributed by atoms with Gasteiger partial charge in [0.15, 0.2) is 0 Å². The van der Waals surface area contributed by atoms with Gasteiger partial charge in [-0.2, -0.15) is 0 Å². The molecule has 0 radical (unpaired) electrons. The quantitative estimate of drug-likeness (QED) is 0.754. The van der Waals surface area contributed by atoms with Gasteiger partial charge in [-0.25, -0.2) is 0 Å². The molecule has 3 aliphatic rings. The Morgan fingerprint density at radius 1 is 0.682 bits per heavy atom. The number of rotatable bonds is 4. The Kier molecular flexibility index (Phi) is 6.23. The average Bonchev–Trinajstić information content (AvgIpc) is 3.12. The number of hydrogen-bond acceptors (Lipinski definition) is 2. The van der Waals surface area contributed by atoms with Crippen LogP contribution in [0.2, 0.25) is 0 Å². The second kappa shape index (κ2) is 8.16. The van der Waals surface area contributed by atoms with Crippen molar-refractivity contribution >= 4 is 18.5 Å². The molecular weight excluding hydrogens is 306 g/mol. The molecule has 124 valence electrons. The molecule has 3 rings (SSSR count). The molecule has 0 aromatic carbocycles. The van der Waals surface area contributed by atoms with Crippen LogP contribution in [0.15, 0.2) is 23.5 Å². The zero-order valence-corrected chi connectivity index (χ0v) is 16.0. The maximum Gasteiger partial charge on any atom is 0.0457 e. The monoisotopic (exact) mass is 338 g/mol. The summed E-state index contributed by atoms with van der Waals surface area (Å²) < 4.78 is 0. The van der Waals surface area contributed by atoms with Crippen molar-refractivity contribution in [2.45, 2.75) is 87.6 Å². The molecule has 0 amide bonds. The smallest absolute Gasteiger partial charge is 0.0457 e. The second-order valence-electron chi connectivity index (χ2n) is 7.27. The maximum absolute atomic E-state index is 3.76. The van der Waals surface area contributed by atoms with Gasteiger partial charge in [0.25, 0.3) is 0 Å². The first-order valence-electron chi connectivity index (χ1n) is 9.15. The molecule has 4 heteroatoms. The van der Waals surface area contributed by atoms with Crippen LogP contribution in [0, 0.1) is 0 Å². The topological polar surface area (TPSA) is 24.1 Å². The van der Waals surface area contributed by atoms with Gasteiger partial charge in [0, 0.05) is 12.1 Å². The van der Waals surface area contributed by atoms with Gasteiger partial charge < -0.3 is 10.6 Å². The summed E-state index contributed by atoms with van der Waals surface area (Å²) in [5, 5.41) is 7.52. The van der Waals surface area contributed by atoms with E-state index < -0.39 is 0 Å². The lowest BCUT2D eigenvalue weighted by Crippen LogP contribution is -2.46. The van der Waals surface area contributed by atoms with Crippen LogP contribution < -0.4 is 10.6 Å². The van der Waals surface area contributed by atoms with E-state index in [2.05, 4.69) is 41.5 Å². The summed E-state index contributed by atoms with van der Waals surface area (Å²) in [4.78, 5) is 0. The standard InChI is InChI=1S/C18H32N2P2/c21-17-9-3-5-13(17)11-19-15-7-1-2-8-16(15)20-12-14-6-4-10-18(14)22/h11-12,15-20H,1-10,21-22H2. The molecule has 0 heterocycles. The first-order valence-corrected chi connectivity index (χ1v) is 10.5. The fraction of sp³-hybridized carbons (Fsp3) is 0.778. The lowest BCUT2D eigenvalue weighted by Gasteiger charge is -2.32. The van der Waals surface area contributed by atoms with Crippen LogP contribution in [-0.4, -0.2) is 23.4 Å². The Bertz CT molecular complexity index is 393. The van der Waals surface area contributed by atoms with Gasteiger partial charge in [-0.15, -0.1) is 18.5 Å². The van der Waals surface area contributed by atoms with Gasteiger partial charge in [-0.3, -0.25) is 0 Å². The highest BCUT2D eigenvalue weighted by atomic mass is 31.0. The van der Waals surface area contributed by atoms with Gasteiger partial charge >= 0.3 is 0 Å². The van der Waals surface area contributed by atoms with E-state index in [9.17, 15) is 0 Å². The van der Waals surface area contributed by atoms with Crippen LogP contribution in [-0.2, 0) is 0 Å². The van der Waals surface area contributed by atoms with Crippen LogP contribution in [0.4, 0.5) is 0 Å². The summed E-state index contributed by atoms with van der Waals surface area (Å²) >= 11 is 0. The van der Waals surface area contributed by atoms with Gasteiger partial charge in [0.2, 0.25) is 0 Å². The van der Waals surface area contributed by atoms with Crippen LogP contribution in [0.3, 0.4) is 0 Å². The predicted molar refractivity (Wildman–Crippen MR) is 103 cm³/mol. The molecule has 0 aromatic heterocycles. The second-order valence-corrected chi connectivity index (χ2v) is 8.88. The minimum Gasteiger partial charge on any atom is -0.386 e. The summed E-state index contributed by atoms with van der Waals surface area (Å²) in [5.41, 5.74) is 4.63. The molecule has 3 saturated carbocycles. The molecule has 3 fully saturated rings. The molecule has 0 spiro atoms. The van der Waals surface area contributed by atoms with E-state index in [1.165, 1.54) is 64.2 Å². The fourth-order valence-electron chi connectivity index (χ4n) is 4.11. The third kappa shape index (κ3) is 4.27. The summed E-state index contributed by atoms with van der Waals surface area (Å²) in [6.07, 6.45) is 18.0. The number of allylic oxidation sites excluding steroid dienone is 2. The molecular formula is C18H32N2P2. The van der Waals surface area contributed by atoms with E-state index in [0.29, 0.717) is 23.4 Å². The molecule has 22 heavy (non-hydrogen) atoms. The molecule has 0 aromatic rings. The summed E-state index contributed by atoms with van der Waals surface area (Å²) in [5.74, 6) is 0. The average molecular weight is 338 g/mol. The largest absolute Gasteiger partial charge is 0.386 e. The first kappa shape index (κ1) is 16.8. The van der Waals surface area contributed by atoms with Crippen molar-refractivity contribution in [1.82, 2.24) is 10.6 Å². The fourth-order valence-corrected chi connectivity index (χ4v) is 5.11. The van der Waals surface area contributed by atoms with Crippen molar-refractivity contribution in [3.63, 3.8) is 0 Å². The van der Waals surface area contributed by atoms with Gasteiger partial charge in [0.1, 0.15) is 0 Å². The van der Waals surface area contributed by atoms with Crippen molar-refractivity contribution in [1.29, 1.82) is 0 Å². The van der Waals surface area contributed by atoms with E-state index in [1.54, 1.807) is 11.1 Å². The highest BCUT2D eigenvalue weighted by Gasteiger charge is 2.25. The Balaban J connectivity index is 1.56. The zero-order chi connectivity index (χ0) is 15.4. The first-order chi connectivity index (χ1) is 10.7. The summed E-state index contributed by atoms with van der Waals surface area (Å²) in [6, 6.07) is 1.19. The van der Waals surface area contributed by atoms with Gasteiger partial charge in [0.05, 0.1) is 0 Å².